The van der Waals surface area contributed by atoms with Gasteiger partial charge in [-0.3, -0.25) is 0 Å². The van der Waals surface area contributed by atoms with E-state index in [-0.39, 0.29) is 0 Å². The molecule has 1 aliphatic rings. The first-order valence-electron chi connectivity index (χ1n) is 4.91. The topological polar surface area (TPSA) is 9.23 Å². The van der Waals surface area contributed by atoms with E-state index in [1.165, 1.54) is 0 Å². The van der Waals surface area contributed by atoms with E-state index < -0.39 is 0 Å². The smallest absolute Gasteiger partial charge is 0.135 e. The van der Waals surface area contributed by atoms with Gasteiger partial charge in [-0.15, -0.1) is 0 Å². The molecule has 1 aliphatic heterocycles. The molecule has 2 aromatic rings. The van der Waals surface area contributed by atoms with Gasteiger partial charge in [0.15, 0.2) is 0 Å². The van der Waals surface area contributed by atoms with Crippen molar-refractivity contribution in [3.8, 4) is 11.5 Å². The second kappa shape index (κ2) is 2.99. The molecule has 0 saturated carbocycles. The van der Waals surface area contributed by atoms with Crippen LogP contribution in [-0.2, 0) is 0 Å². The normalized spacial score (nSPS) is 12.0. The molecule has 0 radical (unpaired) electrons. The Labute approximate surface area is 87.9 Å². The molecule has 1 nitrogen and oxygen atoms in total. The fourth-order valence-corrected chi connectivity index (χ4v) is 1.81. The Bertz CT molecular complexity index is 626. The highest BCUT2D eigenvalue weighted by molar-refractivity contribution is 5.62. The van der Waals surface area contributed by atoms with Gasteiger partial charge in [0.2, 0.25) is 0 Å². The van der Waals surface area contributed by atoms with Crippen LogP contribution in [0.25, 0.3) is 12.7 Å². The Morgan fingerprint density at radius 2 is 1.67 bits per heavy atom. The van der Waals surface area contributed by atoms with Crippen molar-refractivity contribution < 1.29 is 4.74 Å². The van der Waals surface area contributed by atoms with Gasteiger partial charge in [0.05, 0.1) is 0 Å². The van der Waals surface area contributed by atoms with Crippen molar-refractivity contribution in [3.63, 3.8) is 0 Å². The number of fused-ring (bicyclic) bond motifs is 2. The Kier molecular flexibility index (Phi) is 1.65. The molecule has 0 aliphatic carbocycles. The molecule has 0 spiro atoms. The fourth-order valence-electron chi connectivity index (χ4n) is 1.81. The molecular weight excluding hydrogens is 184 g/mol. The van der Waals surface area contributed by atoms with Gasteiger partial charge in [0.25, 0.3) is 0 Å². The van der Waals surface area contributed by atoms with Gasteiger partial charge in [0.1, 0.15) is 11.5 Å². The van der Waals surface area contributed by atoms with Crippen LogP contribution in [0, 0.1) is 0 Å². The monoisotopic (exact) mass is 194 g/mol. The average molecular weight is 194 g/mol. The Morgan fingerprint density at radius 3 is 2.60 bits per heavy atom. The lowest BCUT2D eigenvalue weighted by Gasteiger charge is -2.14. The average Bonchev–Trinajstić information content (AvgIpc) is 2.27. The summed E-state index contributed by atoms with van der Waals surface area (Å²) in [4.78, 5) is 0. The van der Waals surface area contributed by atoms with Crippen molar-refractivity contribution in [3.05, 3.63) is 58.5 Å². The zero-order valence-electron chi connectivity index (χ0n) is 8.23. The number of hydrogen-bond donors (Lipinski definition) is 0. The van der Waals surface area contributed by atoms with E-state index in [0.717, 1.165) is 27.5 Å². The Hall–Kier alpha value is -2.02. The quantitative estimate of drug-likeness (QED) is 0.532. The fraction of sp³-hybridized carbons (Fsp3) is 0. The zero-order chi connectivity index (χ0) is 10.3. The molecule has 2 aromatic carbocycles. The lowest BCUT2D eigenvalue weighted by Crippen LogP contribution is -2.26. The minimum atomic E-state index is 0.890. The van der Waals surface area contributed by atoms with Crippen LogP contribution in [-0.4, -0.2) is 0 Å². The van der Waals surface area contributed by atoms with Gasteiger partial charge in [0, 0.05) is 10.8 Å². The molecule has 0 bridgehead atoms. The molecule has 0 amide bonds. The highest BCUT2D eigenvalue weighted by Gasteiger charge is 2.08. The molecule has 0 N–H and O–H groups in total. The predicted octanol–water partition coefficient (Wildman–Crippen LogP) is 2.03. The molecule has 72 valence electrons. The van der Waals surface area contributed by atoms with E-state index in [9.17, 15) is 0 Å². The minimum Gasteiger partial charge on any atom is -0.456 e. The maximum absolute atomic E-state index is 5.79. The second-order valence-corrected chi connectivity index (χ2v) is 3.61. The van der Waals surface area contributed by atoms with Crippen molar-refractivity contribution in [2.24, 2.45) is 0 Å². The summed E-state index contributed by atoms with van der Waals surface area (Å²) >= 11 is 0. The highest BCUT2D eigenvalue weighted by atomic mass is 16.5. The van der Waals surface area contributed by atoms with Gasteiger partial charge >= 0.3 is 0 Å². The van der Waals surface area contributed by atoms with Crippen LogP contribution < -0.4 is 15.2 Å². The third kappa shape index (κ3) is 1.24. The van der Waals surface area contributed by atoms with Crippen LogP contribution in [0.15, 0.2) is 42.5 Å². The third-order valence-electron chi connectivity index (χ3n) is 2.60. The van der Waals surface area contributed by atoms with Crippen molar-refractivity contribution in [2.75, 3.05) is 0 Å². The minimum absolute atomic E-state index is 0.890. The first kappa shape index (κ1) is 8.30. The second-order valence-electron chi connectivity index (χ2n) is 3.61. The van der Waals surface area contributed by atoms with Crippen molar-refractivity contribution in [1.29, 1.82) is 0 Å². The van der Waals surface area contributed by atoms with E-state index >= 15 is 0 Å². The number of benzene rings is 2. The number of hydrogen-bond acceptors (Lipinski definition) is 1. The maximum Gasteiger partial charge on any atom is 0.135 e. The van der Waals surface area contributed by atoms with Gasteiger partial charge in [-0.05, 0) is 23.4 Å². The molecule has 0 atom stereocenters. The van der Waals surface area contributed by atoms with E-state index in [1.54, 1.807) is 0 Å². The lowest BCUT2D eigenvalue weighted by molar-refractivity contribution is 0.473. The summed E-state index contributed by atoms with van der Waals surface area (Å²) in [6, 6.07) is 13.9. The summed E-state index contributed by atoms with van der Waals surface area (Å²) in [7, 11) is 0. The third-order valence-corrected chi connectivity index (χ3v) is 2.60. The largest absolute Gasteiger partial charge is 0.456 e. The number of ether oxygens (including phenoxy) is 1. The summed E-state index contributed by atoms with van der Waals surface area (Å²) in [6.07, 6.45) is 2.12. The summed E-state index contributed by atoms with van der Waals surface area (Å²) in [5.41, 5.74) is 1.11. The standard InChI is InChI=1S/C14H10O/c1-10-5-4-8-14-12(10)9-11-6-2-3-7-13(11)15-14/h2-9H,1H2. The van der Waals surface area contributed by atoms with Crippen molar-refractivity contribution in [1.82, 2.24) is 0 Å². The first-order chi connectivity index (χ1) is 7.34. The molecule has 3 rings (SSSR count). The van der Waals surface area contributed by atoms with Gasteiger partial charge in [-0.2, -0.15) is 0 Å². The summed E-state index contributed by atoms with van der Waals surface area (Å²) in [5, 5.41) is 2.08. The molecular formula is C14H10O. The number of rotatable bonds is 0. The molecule has 0 aromatic heterocycles. The lowest BCUT2D eigenvalue weighted by atomic mass is 10.1. The van der Waals surface area contributed by atoms with Crippen molar-refractivity contribution in [2.45, 2.75) is 0 Å². The molecule has 0 unspecified atom stereocenters. The first-order valence-corrected chi connectivity index (χ1v) is 4.91. The van der Waals surface area contributed by atoms with E-state index in [2.05, 4.69) is 12.7 Å². The highest BCUT2D eigenvalue weighted by Crippen LogP contribution is 2.26. The summed E-state index contributed by atoms with van der Waals surface area (Å²) < 4.78 is 5.79. The summed E-state index contributed by atoms with van der Waals surface area (Å²) in [6.45, 7) is 4.00. The molecule has 0 fully saturated rings. The van der Waals surface area contributed by atoms with Crippen LogP contribution >= 0.6 is 0 Å². The molecule has 0 saturated heterocycles. The van der Waals surface area contributed by atoms with E-state index in [0.29, 0.717) is 0 Å². The maximum atomic E-state index is 5.79. The van der Waals surface area contributed by atoms with Crippen LogP contribution in [0.4, 0.5) is 0 Å². The SMILES string of the molecule is C=c1cccc2c1=Cc1ccccc1O2. The van der Waals surface area contributed by atoms with E-state index in [4.69, 9.17) is 4.74 Å². The van der Waals surface area contributed by atoms with Crippen LogP contribution in [0.5, 0.6) is 11.5 Å². The zero-order valence-corrected chi connectivity index (χ0v) is 8.23. The number of para-hydroxylation sites is 1. The Morgan fingerprint density at radius 1 is 0.867 bits per heavy atom. The van der Waals surface area contributed by atoms with Crippen LogP contribution in [0.3, 0.4) is 0 Å². The van der Waals surface area contributed by atoms with Crippen molar-refractivity contribution >= 4 is 12.7 Å². The molecule has 15 heavy (non-hydrogen) atoms. The predicted molar refractivity (Wildman–Crippen MR) is 61.3 cm³/mol. The van der Waals surface area contributed by atoms with Crippen LogP contribution in [0.2, 0.25) is 0 Å². The molecule has 1 heteroatoms. The van der Waals surface area contributed by atoms with Gasteiger partial charge in [-0.1, -0.05) is 36.9 Å². The van der Waals surface area contributed by atoms with E-state index in [1.807, 2.05) is 42.5 Å². The van der Waals surface area contributed by atoms with Crippen LogP contribution in [0.1, 0.15) is 5.56 Å². The summed E-state index contributed by atoms with van der Waals surface area (Å²) in [5.74, 6) is 1.80. The van der Waals surface area contributed by atoms with Gasteiger partial charge < -0.3 is 4.74 Å². The molecule has 1 heterocycles. The van der Waals surface area contributed by atoms with Gasteiger partial charge in [-0.25, -0.2) is 0 Å². The Balaban J connectivity index is 2.40.